The maximum atomic E-state index is 9.87. The summed E-state index contributed by atoms with van der Waals surface area (Å²) in [5.41, 5.74) is 2.17. The third-order valence-electron chi connectivity index (χ3n) is 3.10. The molecule has 0 saturated carbocycles. The third-order valence-corrected chi connectivity index (χ3v) is 3.10. The van der Waals surface area contributed by atoms with Gasteiger partial charge in [-0.05, 0) is 30.2 Å². The predicted molar refractivity (Wildman–Crippen MR) is 81.1 cm³/mol. The topological polar surface area (TPSA) is 67.3 Å². The zero-order chi connectivity index (χ0) is 14.9. The first-order valence-corrected chi connectivity index (χ1v) is 7.13. The number of ether oxygens (including phenoxy) is 1. The van der Waals surface area contributed by atoms with Gasteiger partial charge in [0.1, 0.15) is 24.8 Å². The van der Waals surface area contributed by atoms with Gasteiger partial charge in [0.2, 0.25) is 0 Å². The summed E-state index contributed by atoms with van der Waals surface area (Å²) in [7, 11) is 0. The number of aryl methyl sites for hydroxylation is 1. The summed E-state index contributed by atoms with van der Waals surface area (Å²) in [5.74, 6) is 0.780. The van der Waals surface area contributed by atoms with E-state index in [2.05, 4.69) is 22.2 Å². The van der Waals surface area contributed by atoms with E-state index in [1.54, 1.807) is 6.20 Å². The molecule has 2 aromatic rings. The Labute approximate surface area is 125 Å². The summed E-state index contributed by atoms with van der Waals surface area (Å²) < 4.78 is 5.55. The Morgan fingerprint density at radius 1 is 1.24 bits per heavy atom. The van der Waals surface area contributed by atoms with Gasteiger partial charge in [-0.25, -0.2) is 9.97 Å². The molecule has 112 valence electrons. The molecule has 2 N–H and O–H groups in total. The molecule has 0 aliphatic carbocycles. The number of aliphatic hydroxyl groups excluding tert-OH is 1. The Morgan fingerprint density at radius 3 is 2.71 bits per heavy atom. The molecule has 2 rings (SSSR count). The van der Waals surface area contributed by atoms with E-state index in [0.717, 1.165) is 17.9 Å². The van der Waals surface area contributed by atoms with Crippen molar-refractivity contribution in [3.05, 3.63) is 54.1 Å². The van der Waals surface area contributed by atoms with Gasteiger partial charge in [-0.3, -0.25) is 0 Å². The van der Waals surface area contributed by atoms with Gasteiger partial charge >= 0.3 is 0 Å². The Morgan fingerprint density at radius 2 is 2.05 bits per heavy atom. The molecule has 1 aromatic carbocycles. The fraction of sp³-hybridized carbons (Fsp3) is 0.375. The molecule has 0 saturated heterocycles. The van der Waals surface area contributed by atoms with Crippen LogP contribution in [0, 0.1) is 0 Å². The number of hydrogen-bond acceptors (Lipinski definition) is 5. The summed E-state index contributed by atoms with van der Waals surface area (Å²) in [6.07, 6.45) is 3.66. The van der Waals surface area contributed by atoms with Crippen molar-refractivity contribution in [2.75, 3.05) is 13.2 Å². The van der Waals surface area contributed by atoms with E-state index < -0.39 is 6.10 Å². The summed E-state index contributed by atoms with van der Waals surface area (Å²) in [5, 5.41) is 13.0. The van der Waals surface area contributed by atoms with Crippen LogP contribution in [0.25, 0.3) is 0 Å². The predicted octanol–water partition coefficient (Wildman–Crippen LogP) is 1.57. The number of rotatable bonds is 8. The molecule has 1 aromatic heterocycles. The average molecular weight is 287 g/mol. The average Bonchev–Trinajstić information content (AvgIpc) is 2.54. The molecular formula is C16H21N3O2. The maximum absolute atomic E-state index is 9.87. The lowest BCUT2D eigenvalue weighted by Crippen LogP contribution is -2.31. The second kappa shape index (κ2) is 8.34. The first kappa shape index (κ1) is 15.4. The van der Waals surface area contributed by atoms with Gasteiger partial charge in [0.05, 0.1) is 5.69 Å². The van der Waals surface area contributed by atoms with Crippen LogP contribution in [0.4, 0.5) is 0 Å². The van der Waals surface area contributed by atoms with Crippen LogP contribution in [-0.2, 0) is 13.0 Å². The van der Waals surface area contributed by atoms with Crippen molar-refractivity contribution in [2.24, 2.45) is 0 Å². The van der Waals surface area contributed by atoms with Crippen LogP contribution >= 0.6 is 0 Å². The van der Waals surface area contributed by atoms with Crippen LogP contribution in [0.3, 0.4) is 0 Å². The number of benzene rings is 1. The van der Waals surface area contributed by atoms with Crippen LogP contribution in [0.5, 0.6) is 5.75 Å². The van der Waals surface area contributed by atoms with Crippen molar-refractivity contribution in [3.8, 4) is 5.75 Å². The largest absolute Gasteiger partial charge is 0.491 e. The summed E-state index contributed by atoms with van der Waals surface area (Å²) in [4.78, 5) is 7.95. The molecule has 1 unspecified atom stereocenters. The van der Waals surface area contributed by atoms with Gasteiger partial charge in [-0.1, -0.05) is 19.1 Å². The van der Waals surface area contributed by atoms with Gasteiger partial charge < -0.3 is 15.2 Å². The lowest BCUT2D eigenvalue weighted by molar-refractivity contribution is 0.106. The molecule has 0 bridgehead atoms. The van der Waals surface area contributed by atoms with E-state index in [-0.39, 0.29) is 6.61 Å². The summed E-state index contributed by atoms with van der Waals surface area (Å²) in [6.45, 7) is 3.44. The zero-order valence-corrected chi connectivity index (χ0v) is 12.2. The standard InChI is InChI=1S/C16H21N3O2/c1-2-13-3-5-16(6-4-13)21-11-15(20)10-18-9-14-7-8-17-12-19-14/h3-8,12,15,18,20H,2,9-11H2,1H3. The Kier molecular flexibility index (Phi) is 6.12. The van der Waals surface area contributed by atoms with E-state index in [1.807, 2.05) is 30.3 Å². The number of aliphatic hydroxyl groups is 1. The Balaban J connectivity index is 1.66. The van der Waals surface area contributed by atoms with E-state index >= 15 is 0 Å². The van der Waals surface area contributed by atoms with Crippen molar-refractivity contribution >= 4 is 0 Å². The first-order valence-electron chi connectivity index (χ1n) is 7.13. The van der Waals surface area contributed by atoms with Gasteiger partial charge in [0, 0.05) is 19.3 Å². The third kappa shape index (κ3) is 5.49. The van der Waals surface area contributed by atoms with E-state index in [1.165, 1.54) is 11.9 Å². The molecule has 0 spiro atoms. The van der Waals surface area contributed by atoms with Gasteiger partial charge in [0.15, 0.2) is 0 Å². The summed E-state index contributed by atoms with van der Waals surface area (Å²) >= 11 is 0. The highest BCUT2D eigenvalue weighted by Gasteiger charge is 2.05. The molecule has 0 amide bonds. The Bertz CT molecular complexity index is 517. The number of nitrogens with one attached hydrogen (secondary N) is 1. The molecule has 0 aliphatic rings. The van der Waals surface area contributed by atoms with E-state index in [0.29, 0.717) is 13.1 Å². The lowest BCUT2D eigenvalue weighted by Gasteiger charge is -2.13. The fourth-order valence-electron chi connectivity index (χ4n) is 1.86. The highest BCUT2D eigenvalue weighted by atomic mass is 16.5. The van der Waals surface area contributed by atoms with Crippen LogP contribution in [0.1, 0.15) is 18.2 Å². The highest BCUT2D eigenvalue weighted by Crippen LogP contribution is 2.12. The summed E-state index contributed by atoms with van der Waals surface area (Å²) in [6, 6.07) is 9.77. The quantitative estimate of drug-likeness (QED) is 0.771. The van der Waals surface area contributed by atoms with Crippen LogP contribution in [0.15, 0.2) is 42.9 Å². The van der Waals surface area contributed by atoms with Crippen molar-refractivity contribution in [1.29, 1.82) is 0 Å². The molecule has 0 aliphatic heterocycles. The minimum Gasteiger partial charge on any atom is -0.491 e. The monoisotopic (exact) mass is 287 g/mol. The minimum absolute atomic E-state index is 0.266. The van der Waals surface area contributed by atoms with Gasteiger partial charge in [-0.2, -0.15) is 0 Å². The lowest BCUT2D eigenvalue weighted by atomic mass is 10.2. The number of hydrogen-bond donors (Lipinski definition) is 2. The minimum atomic E-state index is -0.558. The smallest absolute Gasteiger partial charge is 0.119 e. The van der Waals surface area contributed by atoms with Crippen molar-refractivity contribution in [2.45, 2.75) is 26.0 Å². The second-order valence-electron chi connectivity index (χ2n) is 4.79. The molecule has 0 radical (unpaired) electrons. The van der Waals surface area contributed by atoms with Crippen molar-refractivity contribution < 1.29 is 9.84 Å². The molecule has 21 heavy (non-hydrogen) atoms. The van der Waals surface area contributed by atoms with Crippen molar-refractivity contribution in [1.82, 2.24) is 15.3 Å². The van der Waals surface area contributed by atoms with Crippen LogP contribution in [0.2, 0.25) is 0 Å². The van der Waals surface area contributed by atoms with Crippen molar-refractivity contribution in [3.63, 3.8) is 0 Å². The molecule has 5 nitrogen and oxygen atoms in total. The van der Waals surface area contributed by atoms with E-state index in [9.17, 15) is 5.11 Å². The van der Waals surface area contributed by atoms with Gasteiger partial charge in [-0.15, -0.1) is 0 Å². The van der Waals surface area contributed by atoms with Gasteiger partial charge in [0.25, 0.3) is 0 Å². The maximum Gasteiger partial charge on any atom is 0.119 e. The molecular weight excluding hydrogens is 266 g/mol. The SMILES string of the molecule is CCc1ccc(OCC(O)CNCc2ccncn2)cc1. The first-order chi connectivity index (χ1) is 10.3. The zero-order valence-electron chi connectivity index (χ0n) is 12.2. The molecule has 1 atom stereocenters. The number of aromatic nitrogens is 2. The Hall–Kier alpha value is -1.98. The second-order valence-corrected chi connectivity index (χ2v) is 4.79. The highest BCUT2D eigenvalue weighted by molar-refractivity contribution is 5.27. The molecule has 5 heteroatoms. The normalized spacial score (nSPS) is 12.1. The van der Waals surface area contributed by atoms with Crippen LogP contribution < -0.4 is 10.1 Å². The molecule has 0 fully saturated rings. The number of nitrogens with zero attached hydrogens (tertiary/aromatic N) is 2. The fourth-order valence-corrected chi connectivity index (χ4v) is 1.86. The van der Waals surface area contributed by atoms with Crippen LogP contribution in [-0.4, -0.2) is 34.3 Å². The van der Waals surface area contributed by atoms with E-state index in [4.69, 9.17) is 4.74 Å². The molecule has 1 heterocycles.